The van der Waals surface area contributed by atoms with E-state index < -0.39 is 17.7 Å². The Morgan fingerprint density at radius 3 is 2.75 bits per heavy atom. The molecule has 0 aromatic carbocycles. The van der Waals surface area contributed by atoms with Gasteiger partial charge in [-0.25, -0.2) is 4.98 Å². The van der Waals surface area contributed by atoms with Gasteiger partial charge < -0.3 is 20.7 Å². The first-order chi connectivity index (χ1) is 13.4. The number of nitrogens with zero attached hydrogens (tertiary/aromatic N) is 3. The van der Waals surface area contributed by atoms with E-state index in [0.717, 1.165) is 17.7 Å². The van der Waals surface area contributed by atoms with Crippen molar-refractivity contribution in [2.24, 2.45) is 11.7 Å². The van der Waals surface area contributed by atoms with Crippen molar-refractivity contribution in [3.63, 3.8) is 0 Å². The molecule has 3 rings (SSSR count). The Morgan fingerprint density at radius 1 is 1.32 bits per heavy atom. The fraction of sp³-hybridized carbons (Fsp3) is 0.389. The molecule has 2 aromatic rings. The molecule has 3 N–H and O–H groups in total. The number of likely N-dealkylation sites (tertiary alicyclic amines) is 1. The zero-order valence-corrected chi connectivity index (χ0v) is 16.4. The summed E-state index contributed by atoms with van der Waals surface area (Å²) < 4.78 is 4.97. The van der Waals surface area contributed by atoms with Crippen LogP contribution < -0.4 is 15.8 Å². The number of carbonyl (C=O) groups is 3. The lowest BCUT2D eigenvalue weighted by molar-refractivity contribution is -0.146. The fourth-order valence-electron chi connectivity index (χ4n) is 3.24. The summed E-state index contributed by atoms with van der Waals surface area (Å²) in [7, 11) is 1.35. The Bertz CT molecular complexity index is 886. The summed E-state index contributed by atoms with van der Waals surface area (Å²) in [6.07, 6.45) is 4.78. The van der Waals surface area contributed by atoms with Crippen LogP contribution in [0.25, 0.3) is 0 Å². The number of hydrogen-bond acceptors (Lipinski definition) is 7. The molecule has 10 heteroatoms. The van der Waals surface area contributed by atoms with Crippen molar-refractivity contribution in [1.82, 2.24) is 14.9 Å². The molecule has 1 aliphatic heterocycles. The maximum atomic E-state index is 12.9. The van der Waals surface area contributed by atoms with E-state index in [1.807, 2.05) is 6.92 Å². The molecule has 3 heterocycles. The van der Waals surface area contributed by atoms with Gasteiger partial charge in [0, 0.05) is 17.6 Å². The van der Waals surface area contributed by atoms with Gasteiger partial charge in [-0.05, 0) is 24.8 Å². The van der Waals surface area contributed by atoms with E-state index >= 15 is 0 Å². The average Bonchev–Trinajstić information content (AvgIpc) is 3.21. The van der Waals surface area contributed by atoms with Crippen LogP contribution in [0.3, 0.4) is 0 Å². The van der Waals surface area contributed by atoms with Crippen LogP contribution in [0.5, 0.6) is 5.88 Å². The monoisotopic (exact) mass is 403 g/mol. The molecular formula is C18H21N5O4S. The number of rotatable bonds is 4. The summed E-state index contributed by atoms with van der Waals surface area (Å²) in [6.45, 7) is 2.54. The van der Waals surface area contributed by atoms with Gasteiger partial charge in [-0.15, -0.1) is 11.3 Å². The second-order valence-corrected chi connectivity index (χ2v) is 7.58. The molecule has 2 atom stereocenters. The van der Waals surface area contributed by atoms with Gasteiger partial charge in [-0.2, -0.15) is 0 Å². The molecule has 0 bridgehead atoms. The number of aromatic nitrogens is 2. The van der Waals surface area contributed by atoms with Crippen LogP contribution in [-0.2, 0) is 9.59 Å². The lowest BCUT2D eigenvalue weighted by Crippen LogP contribution is -2.46. The van der Waals surface area contributed by atoms with E-state index in [-0.39, 0.29) is 23.2 Å². The predicted octanol–water partition coefficient (Wildman–Crippen LogP) is 1.58. The number of amides is 3. The van der Waals surface area contributed by atoms with E-state index in [9.17, 15) is 14.4 Å². The van der Waals surface area contributed by atoms with E-state index in [1.165, 1.54) is 30.7 Å². The summed E-state index contributed by atoms with van der Waals surface area (Å²) in [5, 5.41) is 2.50. The minimum Gasteiger partial charge on any atom is -0.480 e. The first-order valence-corrected chi connectivity index (χ1v) is 9.62. The lowest BCUT2D eigenvalue weighted by atomic mass is 9.93. The number of piperidine rings is 1. The van der Waals surface area contributed by atoms with Crippen molar-refractivity contribution in [1.29, 1.82) is 0 Å². The number of primary amides is 1. The second-order valence-electron chi connectivity index (χ2n) is 6.66. The van der Waals surface area contributed by atoms with Gasteiger partial charge >= 0.3 is 11.8 Å². The van der Waals surface area contributed by atoms with Crippen molar-refractivity contribution in [3.05, 3.63) is 34.4 Å². The molecule has 148 valence electrons. The number of pyridine rings is 1. The summed E-state index contributed by atoms with van der Waals surface area (Å²) in [6, 6.07) is 1.16. The Labute approximate surface area is 165 Å². The summed E-state index contributed by atoms with van der Waals surface area (Å²) in [4.78, 5) is 47.5. The molecule has 0 saturated carbocycles. The molecule has 3 amide bonds. The van der Waals surface area contributed by atoms with Crippen molar-refractivity contribution in [3.8, 4) is 5.88 Å². The van der Waals surface area contributed by atoms with Crippen LogP contribution in [0.1, 0.15) is 41.0 Å². The molecular weight excluding hydrogens is 382 g/mol. The molecule has 0 aliphatic carbocycles. The molecule has 0 radical (unpaired) electrons. The van der Waals surface area contributed by atoms with Crippen molar-refractivity contribution in [2.45, 2.75) is 25.8 Å². The van der Waals surface area contributed by atoms with Crippen LogP contribution in [0.2, 0.25) is 0 Å². The van der Waals surface area contributed by atoms with E-state index in [4.69, 9.17) is 10.5 Å². The largest absolute Gasteiger partial charge is 0.480 e. The number of nitrogens with one attached hydrogen (secondary N) is 1. The lowest BCUT2D eigenvalue weighted by Gasteiger charge is -2.37. The molecule has 0 spiro atoms. The van der Waals surface area contributed by atoms with E-state index in [1.54, 1.807) is 16.6 Å². The zero-order chi connectivity index (χ0) is 20.3. The SMILES string of the molecule is COc1ncc(NC(=O)C(=O)N2C[C@H](C)CC[C@H]2c2cncs2)cc1C(N)=O. The third kappa shape index (κ3) is 4.11. The highest BCUT2D eigenvalue weighted by atomic mass is 32.1. The third-order valence-electron chi connectivity index (χ3n) is 4.62. The molecule has 9 nitrogen and oxygen atoms in total. The zero-order valence-electron chi connectivity index (χ0n) is 15.5. The number of nitrogens with two attached hydrogens (primary N) is 1. The van der Waals surface area contributed by atoms with Gasteiger partial charge in [0.1, 0.15) is 5.56 Å². The van der Waals surface area contributed by atoms with Crippen LogP contribution in [0.4, 0.5) is 5.69 Å². The van der Waals surface area contributed by atoms with E-state index in [2.05, 4.69) is 15.3 Å². The molecule has 2 aromatic heterocycles. The summed E-state index contributed by atoms with van der Waals surface area (Å²) in [5.74, 6) is -1.84. The van der Waals surface area contributed by atoms with Crippen LogP contribution in [0, 0.1) is 5.92 Å². The topological polar surface area (TPSA) is 128 Å². The first kappa shape index (κ1) is 19.7. The maximum Gasteiger partial charge on any atom is 0.313 e. The Hall–Kier alpha value is -3.01. The van der Waals surface area contributed by atoms with E-state index in [0.29, 0.717) is 12.5 Å². The second kappa shape index (κ2) is 8.34. The van der Waals surface area contributed by atoms with Crippen molar-refractivity contribution < 1.29 is 19.1 Å². The van der Waals surface area contributed by atoms with Crippen molar-refractivity contribution >= 4 is 34.7 Å². The Morgan fingerprint density at radius 2 is 2.11 bits per heavy atom. The minimum absolute atomic E-state index is 0.0156. The molecule has 1 saturated heterocycles. The average molecular weight is 403 g/mol. The summed E-state index contributed by atoms with van der Waals surface area (Å²) >= 11 is 1.46. The normalized spacial score (nSPS) is 19.1. The number of hydrogen-bond donors (Lipinski definition) is 2. The van der Waals surface area contributed by atoms with Crippen LogP contribution >= 0.6 is 11.3 Å². The number of thiazole rings is 1. The van der Waals surface area contributed by atoms with Crippen LogP contribution in [0.15, 0.2) is 24.0 Å². The molecule has 0 unspecified atom stereocenters. The van der Waals surface area contributed by atoms with Gasteiger partial charge in [0.15, 0.2) is 0 Å². The maximum absolute atomic E-state index is 12.9. The number of carbonyl (C=O) groups excluding carboxylic acids is 3. The van der Waals surface area contributed by atoms with Crippen LogP contribution in [-0.4, -0.2) is 46.2 Å². The standard InChI is InChI=1S/C18H21N5O4S/c1-10-3-4-13(14-7-20-9-28-14)23(8-10)18(26)16(25)22-11-5-12(15(19)24)17(27-2)21-6-11/h5-7,9-10,13H,3-4,8H2,1-2H3,(H2,19,24)(H,22,25)/t10-,13+/m1/s1. The van der Waals surface area contributed by atoms with Gasteiger partial charge in [-0.3, -0.25) is 19.4 Å². The van der Waals surface area contributed by atoms with Gasteiger partial charge in [0.2, 0.25) is 5.88 Å². The highest BCUT2D eigenvalue weighted by molar-refractivity contribution is 7.09. The fourth-order valence-corrected chi connectivity index (χ4v) is 4.01. The van der Waals surface area contributed by atoms with Gasteiger partial charge in [0.25, 0.3) is 5.91 Å². The molecule has 1 fully saturated rings. The summed E-state index contributed by atoms with van der Waals surface area (Å²) in [5.41, 5.74) is 7.22. The third-order valence-corrected chi connectivity index (χ3v) is 5.50. The molecule has 28 heavy (non-hydrogen) atoms. The minimum atomic E-state index is -0.800. The highest BCUT2D eigenvalue weighted by Crippen LogP contribution is 2.35. The number of methoxy groups -OCH3 is 1. The van der Waals surface area contributed by atoms with Crippen molar-refractivity contribution in [2.75, 3.05) is 19.0 Å². The molecule has 1 aliphatic rings. The highest BCUT2D eigenvalue weighted by Gasteiger charge is 2.35. The Balaban J connectivity index is 1.78. The predicted molar refractivity (Wildman–Crippen MR) is 103 cm³/mol. The van der Waals surface area contributed by atoms with Gasteiger partial charge in [0.05, 0.1) is 30.5 Å². The first-order valence-electron chi connectivity index (χ1n) is 8.74. The number of ether oxygens (including phenoxy) is 1. The smallest absolute Gasteiger partial charge is 0.313 e. The number of anilines is 1. The van der Waals surface area contributed by atoms with Gasteiger partial charge in [-0.1, -0.05) is 6.92 Å². The quantitative estimate of drug-likeness (QED) is 0.746. The Kier molecular flexibility index (Phi) is 5.88.